The first-order chi connectivity index (χ1) is 13.0. The summed E-state index contributed by atoms with van der Waals surface area (Å²) in [5.41, 5.74) is 3.56. The van der Waals surface area contributed by atoms with Gasteiger partial charge >= 0.3 is 0 Å². The third-order valence-corrected chi connectivity index (χ3v) is 4.29. The minimum absolute atomic E-state index is 0.0132. The summed E-state index contributed by atoms with van der Waals surface area (Å²) in [7, 11) is 3.40. The lowest BCUT2D eigenvalue weighted by Gasteiger charge is -2.08. The van der Waals surface area contributed by atoms with Gasteiger partial charge in [-0.1, -0.05) is 30.3 Å². The summed E-state index contributed by atoms with van der Waals surface area (Å²) < 4.78 is 1.72. The molecule has 0 fully saturated rings. The van der Waals surface area contributed by atoms with E-state index in [2.05, 4.69) is 15.4 Å². The van der Waals surface area contributed by atoms with Crippen LogP contribution in [0.2, 0.25) is 0 Å². The van der Waals surface area contributed by atoms with Gasteiger partial charge in [-0.2, -0.15) is 5.10 Å². The Hall–Kier alpha value is -3.28. The second-order valence-corrected chi connectivity index (χ2v) is 6.42. The van der Waals surface area contributed by atoms with Crippen LogP contribution in [0.4, 0.5) is 0 Å². The molecule has 0 aliphatic heterocycles. The molecule has 27 heavy (non-hydrogen) atoms. The molecule has 0 bridgehead atoms. The summed E-state index contributed by atoms with van der Waals surface area (Å²) in [6.45, 7) is 0. The van der Waals surface area contributed by atoms with E-state index in [0.717, 1.165) is 11.1 Å². The van der Waals surface area contributed by atoms with Gasteiger partial charge in [-0.3, -0.25) is 14.3 Å². The molecule has 1 amide bonds. The van der Waals surface area contributed by atoms with Gasteiger partial charge in [-0.25, -0.2) is 4.98 Å². The highest BCUT2D eigenvalue weighted by Crippen LogP contribution is 2.14. The molecule has 3 aromatic rings. The second-order valence-electron chi connectivity index (χ2n) is 6.42. The molecule has 0 spiro atoms. The minimum atomic E-state index is -0.300. The van der Waals surface area contributed by atoms with E-state index in [1.54, 1.807) is 30.1 Å². The topological polar surface area (TPSA) is 76.9 Å². The van der Waals surface area contributed by atoms with Crippen LogP contribution in [0.15, 0.2) is 54.9 Å². The van der Waals surface area contributed by atoms with Crippen molar-refractivity contribution in [3.05, 3.63) is 82.9 Å². The molecule has 0 saturated heterocycles. The van der Waals surface area contributed by atoms with Crippen LogP contribution < -0.4 is 5.32 Å². The number of Topliss-reactive ketones (excluding diaryl/α,β-unsaturated/α-hetero) is 1. The second kappa shape index (κ2) is 8.40. The fraction of sp³-hybridized carbons (Fsp3) is 0.238. The third kappa shape index (κ3) is 4.88. The van der Waals surface area contributed by atoms with Gasteiger partial charge in [-0.05, 0) is 29.7 Å². The lowest BCUT2D eigenvalue weighted by atomic mass is 10.0. The summed E-state index contributed by atoms with van der Waals surface area (Å²) >= 11 is 0. The standard InChI is InChI=1S/C21H22N4O2/c1-22-21(27)19-12-17(20(26)9-8-16-13-23-25(2)14-16)11-18(24-19)10-15-6-4-3-5-7-15/h3-7,11-14H,8-10H2,1-2H3,(H,22,27). The van der Waals surface area contributed by atoms with Crippen LogP contribution in [0.5, 0.6) is 0 Å². The maximum Gasteiger partial charge on any atom is 0.269 e. The number of aryl methyl sites for hydroxylation is 2. The van der Waals surface area contributed by atoms with Crippen molar-refractivity contribution in [3.8, 4) is 0 Å². The molecule has 1 N–H and O–H groups in total. The maximum atomic E-state index is 12.7. The van der Waals surface area contributed by atoms with Gasteiger partial charge < -0.3 is 5.32 Å². The number of benzene rings is 1. The Morgan fingerprint density at radius 2 is 1.89 bits per heavy atom. The first kappa shape index (κ1) is 18.5. The molecule has 6 heteroatoms. The number of carbonyl (C=O) groups excluding carboxylic acids is 2. The Labute approximate surface area is 158 Å². The van der Waals surface area contributed by atoms with Crippen molar-refractivity contribution in [2.45, 2.75) is 19.3 Å². The van der Waals surface area contributed by atoms with E-state index >= 15 is 0 Å². The summed E-state index contributed by atoms with van der Waals surface area (Å²) in [5.74, 6) is -0.313. The number of ketones is 1. The van der Waals surface area contributed by atoms with E-state index in [4.69, 9.17) is 0 Å². The van der Waals surface area contributed by atoms with Gasteiger partial charge in [0.15, 0.2) is 5.78 Å². The zero-order valence-corrected chi connectivity index (χ0v) is 15.5. The molecule has 0 saturated carbocycles. The quantitative estimate of drug-likeness (QED) is 0.656. The average molecular weight is 362 g/mol. The number of rotatable bonds is 7. The van der Waals surface area contributed by atoms with E-state index < -0.39 is 0 Å². The molecule has 1 aromatic carbocycles. The van der Waals surface area contributed by atoms with E-state index in [1.807, 2.05) is 43.6 Å². The fourth-order valence-electron chi connectivity index (χ4n) is 2.89. The van der Waals surface area contributed by atoms with Crippen molar-refractivity contribution in [3.63, 3.8) is 0 Å². The molecule has 2 heterocycles. The van der Waals surface area contributed by atoms with Crippen molar-refractivity contribution in [1.82, 2.24) is 20.1 Å². The van der Waals surface area contributed by atoms with Gasteiger partial charge in [-0.15, -0.1) is 0 Å². The highest BCUT2D eigenvalue weighted by atomic mass is 16.1. The third-order valence-electron chi connectivity index (χ3n) is 4.29. The maximum absolute atomic E-state index is 12.7. The van der Waals surface area contributed by atoms with Crippen molar-refractivity contribution in [2.24, 2.45) is 7.05 Å². The largest absolute Gasteiger partial charge is 0.354 e. The Bertz CT molecular complexity index is 948. The summed E-state index contributed by atoms with van der Waals surface area (Å²) in [6.07, 6.45) is 5.19. The number of carbonyl (C=O) groups is 2. The normalized spacial score (nSPS) is 10.6. The lowest BCUT2D eigenvalue weighted by Crippen LogP contribution is -2.20. The summed E-state index contributed by atoms with van der Waals surface area (Å²) in [6, 6.07) is 13.2. The SMILES string of the molecule is CNC(=O)c1cc(C(=O)CCc2cnn(C)c2)cc(Cc2ccccc2)n1. The Balaban J connectivity index is 1.82. The number of pyridine rings is 1. The first-order valence-electron chi connectivity index (χ1n) is 8.83. The number of nitrogens with zero attached hydrogens (tertiary/aromatic N) is 3. The monoisotopic (exact) mass is 362 g/mol. The molecule has 0 aliphatic carbocycles. The van der Waals surface area contributed by atoms with Crippen LogP contribution in [-0.4, -0.2) is 33.5 Å². The molecule has 0 unspecified atom stereocenters. The smallest absolute Gasteiger partial charge is 0.269 e. The van der Waals surface area contributed by atoms with Crippen molar-refractivity contribution < 1.29 is 9.59 Å². The lowest BCUT2D eigenvalue weighted by molar-refractivity contribution is 0.0958. The van der Waals surface area contributed by atoms with Gasteiger partial charge in [0.25, 0.3) is 5.91 Å². The predicted octanol–water partition coefficient (Wildman–Crippen LogP) is 2.58. The molecule has 0 aliphatic rings. The average Bonchev–Trinajstić information content (AvgIpc) is 3.11. The number of hydrogen-bond donors (Lipinski definition) is 1. The van der Waals surface area contributed by atoms with Gasteiger partial charge in [0.1, 0.15) is 5.69 Å². The van der Waals surface area contributed by atoms with Crippen LogP contribution in [0.3, 0.4) is 0 Å². The van der Waals surface area contributed by atoms with Crippen LogP contribution in [-0.2, 0) is 19.9 Å². The number of aromatic nitrogens is 3. The van der Waals surface area contributed by atoms with Crippen LogP contribution in [0.25, 0.3) is 0 Å². The molecule has 0 atom stereocenters. The molecule has 6 nitrogen and oxygen atoms in total. The predicted molar refractivity (Wildman–Crippen MR) is 103 cm³/mol. The van der Waals surface area contributed by atoms with Gasteiger partial charge in [0.2, 0.25) is 0 Å². The molecular formula is C21H22N4O2. The highest BCUT2D eigenvalue weighted by Gasteiger charge is 2.14. The molecule has 2 aromatic heterocycles. The van der Waals surface area contributed by atoms with Gasteiger partial charge in [0.05, 0.1) is 6.20 Å². The van der Waals surface area contributed by atoms with Crippen molar-refractivity contribution in [2.75, 3.05) is 7.05 Å². The van der Waals surface area contributed by atoms with E-state index in [1.165, 1.54) is 0 Å². The fourth-order valence-corrected chi connectivity index (χ4v) is 2.89. The highest BCUT2D eigenvalue weighted by molar-refractivity contribution is 5.99. The number of nitrogens with one attached hydrogen (secondary N) is 1. The zero-order chi connectivity index (χ0) is 19.2. The van der Waals surface area contributed by atoms with E-state index in [0.29, 0.717) is 30.5 Å². The molecule has 0 radical (unpaired) electrons. The van der Waals surface area contributed by atoms with Crippen molar-refractivity contribution >= 4 is 11.7 Å². The molecule has 138 valence electrons. The first-order valence-corrected chi connectivity index (χ1v) is 8.83. The Kier molecular flexibility index (Phi) is 5.76. The Morgan fingerprint density at radius 3 is 2.56 bits per heavy atom. The molecule has 3 rings (SSSR count). The van der Waals surface area contributed by atoms with Crippen molar-refractivity contribution in [1.29, 1.82) is 0 Å². The van der Waals surface area contributed by atoms with E-state index in [9.17, 15) is 9.59 Å². The summed E-state index contributed by atoms with van der Waals surface area (Å²) in [4.78, 5) is 29.2. The summed E-state index contributed by atoms with van der Waals surface area (Å²) in [5, 5.41) is 6.69. The van der Waals surface area contributed by atoms with Crippen LogP contribution >= 0.6 is 0 Å². The number of hydrogen-bond acceptors (Lipinski definition) is 4. The minimum Gasteiger partial charge on any atom is -0.354 e. The van der Waals surface area contributed by atoms with Crippen LogP contribution in [0, 0.1) is 0 Å². The van der Waals surface area contributed by atoms with E-state index in [-0.39, 0.29) is 17.4 Å². The number of amides is 1. The Morgan fingerprint density at radius 1 is 1.11 bits per heavy atom. The van der Waals surface area contributed by atoms with Gasteiger partial charge in [0, 0.05) is 44.4 Å². The van der Waals surface area contributed by atoms with Crippen LogP contribution in [0.1, 0.15) is 44.1 Å². The zero-order valence-electron chi connectivity index (χ0n) is 15.5. The molecular weight excluding hydrogens is 340 g/mol.